The number of carbonyl (C=O) groups excluding carboxylic acids is 2. The van der Waals surface area contributed by atoms with Crippen LogP contribution in [-0.4, -0.2) is 45.5 Å². The van der Waals surface area contributed by atoms with E-state index in [1.807, 2.05) is 30.3 Å². The molecule has 2 atom stereocenters. The number of hydrazine groups is 1. The monoisotopic (exact) mass is 367 g/mol. The Bertz CT molecular complexity index is 802. The number of rotatable bonds is 6. The van der Waals surface area contributed by atoms with Crippen LogP contribution in [0.5, 0.6) is 0 Å². The molecule has 8 nitrogen and oxygen atoms in total. The summed E-state index contributed by atoms with van der Waals surface area (Å²) in [7, 11) is 0. The molecule has 3 heterocycles. The summed E-state index contributed by atoms with van der Waals surface area (Å²) < 4.78 is 0. The van der Waals surface area contributed by atoms with Crippen molar-refractivity contribution in [1.82, 2.24) is 20.4 Å². The number of fused-ring (bicyclic) bond motifs is 2. The van der Waals surface area contributed by atoms with Gasteiger partial charge in [0, 0.05) is 12.7 Å². The van der Waals surface area contributed by atoms with E-state index in [2.05, 4.69) is 15.8 Å². The third-order valence-corrected chi connectivity index (χ3v) is 4.83. The van der Waals surface area contributed by atoms with Crippen molar-refractivity contribution in [3.05, 3.63) is 60.4 Å². The Labute approximate surface area is 157 Å². The summed E-state index contributed by atoms with van der Waals surface area (Å²) in [5.41, 5.74) is 7.17. The van der Waals surface area contributed by atoms with Gasteiger partial charge in [0.05, 0.1) is 17.9 Å². The Morgan fingerprint density at radius 2 is 2.04 bits per heavy atom. The lowest BCUT2D eigenvalue weighted by molar-refractivity contribution is -0.140. The van der Waals surface area contributed by atoms with Gasteiger partial charge in [0.15, 0.2) is 0 Å². The van der Waals surface area contributed by atoms with Gasteiger partial charge < -0.3 is 4.90 Å². The molecule has 2 aliphatic heterocycles. The molecule has 8 heteroatoms. The van der Waals surface area contributed by atoms with E-state index in [-0.39, 0.29) is 18.0 Å². The van der Waals surface area contributed by atoms with Crippen molar-refractivity contribution in [2.75, 3.05) is 12.0 Å². The van der Waals surface area contributed by atoms with Crippen molar-refractivity contribution in [3.63, 3.8) is 0 Å². The fourth-order valence-corrected chi connectivity index (χ4v) is 3.44. The molecule has 2 N–H and O–H groups in total. The zero-order valence-corrected chi connectivity index (χ0v) is 14.7. The van der Waals surface area contributed by atoms with E-state index in [1.165, 1.54) is 5.06 Å². The fourth-order valence-electron chi connectivity index (χ4n) is 3.44. The van der Waals surface area contributed by atoms with Gasteiger partial charge >= 0.3 is 6.03 Å². The SMILES string of the molecule is O=C(NNc1cccnc1)[C@@H]1CC[C@@H]2CN1C(=O)N2OCc1ccccc1. The summed E-state index contributed by atoms with van der Waals surface area (Å²) in [5, 5.41) is 1.43. The number of hydrogen-bond acceptors (Lipinski definition) is 5. The molecule has 1 aromatic carbocycles. The number of anilines is 1. The molecular weight excluding hydrogens is 346 g/mol. The highest BCUT2D eigenvalue weighted by Gasteiger charge is 2.47. The first-order valence-electron chi connectivity index (χ1n) is 8.95. The number of amides is 3. The van der Waals surface area contributed by atoms with Gasteiger partial charge in [-0.2, -0.15) is 5.06 Å². The molecule has 0 radical (unpaired) electrons. The van der Waals surface area contributed by atoms with Crippen LogP contribution in [0.1, 0.15) is 18.4 Å². The smallest absolute Gasteiger partial charge is 0.309 e. The zero-order chi connectivity index (χ0) is 18.6. The molecule has 0 spiro atoms. The van der Waals surface area contributed by atoms with Crippen LogP contribution in [0.15, 0.2) is 54.9 Å². The normalized spacial score (nSPS) is 21.3. The van der Waals surface area contributed by atoms with E-state index in [0.717, 1.165) is 12.0 Å². The lowest BCUT2D eigenvalue weighted by atomic mass is 10.0. The van der Waals surface area contributed by atoms with Gasteiger partial charge in [0.2, 0.25) is 0 Å². The van der Waals surface area contributed by atoms with Gasteiger partial charge in [0.25, 0.3) is 5.91 Å². The highest BCUT2D eigenvalue weighted by atomic mass is 16.7. The quantitative estimate of drug-likeness (QED) is 0.762. The minimum absolute atomic E-state index is 0.0171. The van der Waals surface area contributed by atoms with E-state index in [9.17, 15) is 9.59 Å². The number of urea groups is 1. The number of benzene rings is 1. The highest BCUT2D eigenvalue weighted by Crippen LogP contribution is 2.30. The van der Waals surface area contributed by atoms with Crippen molar-refractivity contribution < 1.29 is 14.4 Å². The molecule has 2 aromatic rings. The maximum atomic E-state index is 12.7. The van der Waals surface area contributed by atoms with Crippen molar-refractivity contribution in [2.45, 2.75) is 31.5 Å². The lowest BCUT2D eigenvalue weighted by Crippen LogP contribution is -2.51. The summed E-state index contributed by atoms with van der Waals surface area (Å²) >= 11 is 0. The molecule has 1 aromatic heterocycles. The average Bonchev–Trinajstić information content (AvgIpc) is 2.96. The average molecular weight is 367 g/mol. The van der Waals surface area contributed by atoms with Crippen LogP contribution in [0, 0.1) is 0 Å². The predicted octanol–water partition coefficient (Wildman–Crippen LogP) is 1.93. The number of carbonyl (C=O) groups is 2. The molecule has 0 saturated carbocycles. The minimum Gasteiger partial charge on any atom is -0.309 e. The molecule has 4 rings (SSSR count). The number of nitrogens with one attached hydrogen (secondary N) is 2. The second-order valence-electron chi connectivity index (χ2n) is 6.62. The summed E-state index contributed by atoms with van der Waals surface area (Å²) in [6.07, 6.45) is 4.59. The number of pyridine rings is 1. The van der Waals surface area contributed by atoms with Crippen molar-refractivity contribution >= 4 is 17.6 Å². The van der Waals surface area contributed by atoms with Crippen molar-refractivity contribution in [2.24, 2.45) is 0 Å². The third kappa shape index (κ3) is 3.70. The largest absolute Gasteiger partial charge is 0.345 e. The number of hydroxylamine groups is 2. The van der Waals surface area contributed by atoms with Crippen LogP contribution in [0.2, 0.25) is 0 Å². The number of piperidine rings is 1. The first-order valence-corrected chi connectivity index (χ1v) is 8.95. The number of nitrogens with zero attached hydrogens (tertiary/aromatic N) is 3. The van der Waals surface area contributed by atoms with E-state index in [1.54, 1.807) is 29.4 Å². The molecule has 2 fully saturated rings. The van der Waals surface area contributed by atoms with Gasteiger partial charge in [-0.3, -0.25) is 25.5 Å². The van der Waals surface area contributed by atoms with E-state index >= 15 is 0 Å². The zero-order valence-electron chi connectivity index (χ0n) is 14.7. The van der Waals surface area contributed by atoms with Crippen LogP contribution in [0.4, 0.5) is 10.5 Å². The maximum absolute atomic E-state index is 12.7. The summed E-state index contributed by atoms with van der Waals surface area (Å²) in [5.74, 6) is -0.240. The fraction of sp³-hybridized carbons (Fsp3) is 0.316. The van der Waals surface area contributed by atoms with Gasteiger partial charge in [-0.1, -0.05) is 30.3 Å². The predicted molar refractivity (Wildman–Crippen MR) is 98.0 cm³/mol. The Hall–Kier alpha value is -3.13. The van der Waals surface area contributed by atoms with Crippen LogP contribution in [0.3, 0.4) is 0 Å². The first kappa shape index (κ1) is 17.3. The van der Waals surface area contributed by atoms with Gasteiger partial charge in [-0.15, -0.1) is 0 Å². The Morgan fingerprint density at radius 3 is 2.81 bits per heavy atom. The molecule has 0 unspecified atom stereocenters. The van der Waals surface area contributed by atoms with Crippen LogP contribution < -0.4 is 10.9 Å². The van der Waals surface area contributed by atoms with Crippen molar-refractivity contribution in [1.29, 1.82) is 0 Å². The number of hydrogen-bond donors (Lipinski definition) is 2. The summed E-state index contributed by atoms with van der Waals surface area (Å²) in [4.78, 5) is 36.6. The van der Waals surface area contributed by atoms with E-state index in [4.69, 9.17) is 4.84 Å². The topological polar surface area (TPSA) is 86.8 Å². The third-order valence-electron chi connectivity index (χ3n) is 4.83. The van der Waals surface area contributed by atoms with E-state index in [0.29, 0.717) is 25.3 Å². The van der Waals surface area contributed by atoms with Crippen LogP contribution in [0.25, 0.3) is 0 Å². The molecule has 2 saturated heterocycles. The number of aromatic nitrogens is 1. The Morgan fingerprint density at radius 1 is 1.19 bits per heavy atom. The second-order valence-corrected chi connectivity index (χ2v) is 6.62. The van der Waals surface area contributed by atoms with Crippen molar-refractivity contribution in [3.8, 4) is 0 Å². The molecular formula is C19H21N5O3. The lowest BCUT2D eigenvalue weighted by Gasteiger charge is -2.29. The Balaban J connectivity index is 1.35. The van der Waals surface area contributed by atoms with E-state index < -0.39 is 6.04 Å². The molecule has 2 aliphatic rings. The first-order chi connectivity index (χ1) is 13.2. The van der Waals surface area contributed by atoms with Crippen LogP contribution in [-0.2, 0) is 16.2 Å². The minimum atomic E-state index is -0.511. The van der Waals surface area contributed by atoms with Gasteiger partial charge in [0.1, 0.15) is 12.6 Å². The summed E-state index contributed by atoms with van der Waals surface area (Å²) in [6, 6.07) is 12.5. The molecule has 27 heavy (non-hydrogen) atoms. The van der Waals surface area contributed by atoms with Gasteiger partial charge in [-0.25, -0.2) is 4.79 Å². The van der Waals surface area contributed by atoms with Gasteiger partial charge in [-0.05, 0) is 30.5 Å². The standard InChI is InChI=1S/C19H21N5O3/c25-18(22-21-15-7-4-10-20-11-15)17-9-8-16-12-23(17)19(26)24(16)27-13-14-5-2-1-3-6-14/h1-7,10-11,16-17,21H,8-9,12-13H2,(H,22,25)/t16-,17+/m1/s1. The highest BCUT2D eigenvalue weighted by molar-refractivity contribution is 5.89. The molecule has 3 amide bonds. The molecule has 140 valence electrons. The van der Waals surface area contributed by atoms with Crippen LogP contribution >= 0.6 is 0 Å². The maximum Gasteiger partial charge on any atom is 0.345 e. The second kappa shape index (κ2) is 7.63. The molecule has 2 bridgehead atoms. The summed E-state index contributed by atoms with van der Waals surface area (Å²) in [6.45, 7) is 0.828. The Kier molecular flexibility index (Phi) is 4.88. The molecule has 0 aliphatic carbocycles.